The number of nitrogens with zero attached hydrogens (tertiary/aromatic N) is 1. The van der Waals surface area contributed by atoms with E-state index in [-0.39, 0.29) is 6.03 Å². The Hall–Kier alpha value is -3.34. The molecule has 0 unspecified atom stereocenters. The van der Waals surface area contributed by atoms with Gasteiger partial charge in [0, 0.05) is 24.6 Å². The number of urea groups is 1. The molecule has 1 aromatic heterocycles. The van der Waals surface area contributed by atoms with Crippen LogP contribution >= 0.6 is 0 Å². The number of carbonyl (C=O) groups is 1. The van der Waals surface area contributed by atoms with Gasteiger partial charge in [-0.05, 0) is 53.1 Å². The first kappa shape index (κ1) is 16.5. The topological polar surface area (TPSA) is 63.2 Å². The van der Waals surface area contributed by atoms with Crippen LogP contribution in [0.15, 0.2) is 73.1 Å². The Morgan fingerprint density at radius 1 is 0.920 bits per heavy atom. The molecule has 0 radical (unpaired) electrons. The van der Waals surface area contributed by atoms with E-state index in [1.807, 2.05) is 60.7 Å². The van der Waals surface area contributed by atoms with Crippen LogP contribution in [0.3, 0.4) is 0 Å². The lowest BCUT2D eigenvalue weighted by atomic mass is 10.1. The highest BCUT2D eigenvalue weighted by atomic mass is 16.5. The molecule has 25 heavy (non-hydrogen) atoms. The van der Waals surface area contributed by atoms with Crippen LogP contribution in [0.25, 0.3) is 11.1 Å². The number of anilines is 1. The molecule has 0 aliphatic rings. The van der Waals surface area contributed by atoms with Gasteiger partial charge in [-0.25, -0.2) is 4.79 Å². The molecular formula is C20H19N3O2. The maximum atomic E-state index is 12.0. The predicted octanol–water partition coefficient (Wildman–Crippen LogP) is 4.08. The predicted molar refractivity (Wildman–Crippen MR) is 98.5 cm³/mol. The first-order valence-corrected chi connectivity index (χ1v) is 7.93. The number of methoxy groups -OCH3 is 1. The van der Waals surface area contributed by atoms with Crippen molar-refractivity contribution >= 4 is 11.7 Å². The van der Waals surface area contributed by atoms with Crippen LogP contribution in [0, 0.1) is 0 Å². The maximum Gasteiger partial charge on any atom is 0.319 e. The van der Waals surface area contributed by atoms with E-state index >= 15 is 0 Å². The highest BCUT2D eigenvalue weighted by Gasteiger charge is 2.03. The number of pyridine rings is 1. The average Bonchev–Trinajstić information content (AvgIpc) is 2.68. The van der Waals surface area contributed by atoms with Crippen molar-refractivity contribution in [1.29, 1.82) is 0 Å². The van der Waals surface area contributed by atoms with E-state index in [0.717, 1.165) is 28.1 Å². The highest BCUT2D eigenvalue weighted by Crippen LogP contribution is 2.20. The summed E-state index contributed by atoms with van der Waals surface area (Å²) in [4.78, 5) is 16.0. The molecule has 2 N–H and O–H groups in total. The zero-order chi connectivity index (χ0) is 17.5. The summed E-state index contributed by atoms with van der Waals surface area (Å²) in [5.41, 5.74) is 3.91. The largest absolute Gasteiger partial charge is 0.497 e. The second kappa shape index (κ2) is 7.97. The Morgan fingerprint density at radius 2 is 1.56 bits per heavy atom. The van der Waals surface area contributed by atoms with Crippen LogP contribution in [0.4, 0.5) is 10.5 Å². The number of hydrogen-bond acceptors (Lipinski definition) is 3. The van der Waals surface area contributed by atoms with Crippen LogP contribution in [0.5, 0.6) is 5.75 Å². The van der Waals surface area contributed by atoms with E-state index < -0.39 is 0 Å². The minimum absolute atomic E-state index is 0.243. The molecule has 0 aliphatic carbocycles. The molecule has 0 spiro atoms. The van der Waals surface area contributed by atoms with E-state index in [1.165, 1.54) is 0 Å². The van der Waals surface area contributed by atoms with Crippen molar-refractivity contribution in [2.24, 2.45) is 0 Å². The summed E-state index contributed by atoms with van der Waals surface area (Å²) >= 11 is 0. The normalized spacial score (nSPS) is 10.1. The summed E-state index contributed by atoms with van der Waals surface area (Å²) < 4.78 is 5.11. The quantitative estimate of drug-likeness (QED) is 0.739. The van der Waals surface area contributed by atoms with Gasteiger partial charge in [0.2, 0.25) is 0 Å². The Balaban J connectivity index is 1.54. The molecule has 0 aliphatic heterocycles. The van der Waals surface area contributed by atoms with Gasteiger partial charge in [-0.3, -0.25) is 4.98 Å². The zero-order valence-corrected chi connectivity index (χ0v) is 13.9. The Bertz CT molecular complexity index is 816. The van der Waals surface area contributed by atoms with Gasteiger partial charge in [-0.15, -0.1) is 0 Å². The fourth-order valence-corrected chi connectivity index (χ4v) is 2.39. The second-order valence-corrected chi connectivity index (χ2v) is 5.47. The van der Waals surface area contributed by atoms with Gasteiger partial charge in [0.05, 0.1) is 7.11 Å². The number of benzene rings is 2. The molecule has 3 aromatic rings. The van der Waals surface area contributed by atoms with Crippen LogP contribution < -0.4 is 15.4 Å². The van der Waals surface area contributed by atoms with E-state index in [1.54, 1.807) is 19.5 Å². The first-order chi connectivity index (χ1) is 12.2. The summed E-state index contributed by atoms with van der Waals surface area (Å²) in [6.07, 6.45) is 3.52. The van der Waals surface area contributed by atoms with Crippen LogP contribution in [0.1, 0.15) is 5.56 Å². The van der Waals surface area contributed by atoms with Gasteiger partial charge in [-0.2, -0.15) is 0 Å². The molecular weight excluding hydrogens is 314 g/mol. The molecule has 5 heteroatoms. The first-order valence-electron chi connectivity index (χ1n) is 7.93. The smallest absolute Gasteiger partial charge is 0.319 e. The highest BCUT2D eigenvalue weighted by molar-refractivity contribution is 5.89. The Labute approximate surface area is 146 Å². The number of aromatic nitrogens is 1. The summed E-state index contributed by atoms with van der Waals surface area (Å²) in [5.74, 6) is 0.794. The Morgan fingerprint density at radius 3 is 2.20 bits per heavy atom. The molecule has 126 valence electrons. The fraction of sp³-hybridized carbons (Fsp3) is 0.100. The van der Waals surface area contributed by atoms with Crippen molar-refractivity contribution in [3.8, 4) is 16.9 Å². The summed E-state index contributed by atoms with van der Waals surface area (Å²) in [6, 6.07) is 18.9. The molecule has 0 saturated carbocycles. The van der Waals surface area contributed by atoms with Crippen molar-refractivity contribution in [1.82, 2.24) is 10.3 Å². The third-order valence-corrected chi connectivity index (χ3v) is 3.77. The third-order valence-electron chi connectivity index (χ3n) is 3.77. The van der Waals surface area contributed by atoms with Crippen molar-refractivity contribution in [2.45, 2.75) is 6.54 Å². The molecule has 3 rings (SSSR count). The molecule has 0 saturated heterocycles. The lowest BCUT2D eigenvalue weighted by Crippen LogP contribution is -2.28. The van der Waals surface area contributed by atoms with Crippen LogP contribution in [-0.2, 0) is 6.54 Å². The van der Waals surface area contributed by atoms with Gasteiger partial charge >= 0.3 is 6.03 Å². The lowest BCUT2D eigenvalue weighted by molar-refractivity contribution is 0.251. The standard InChI is InChI=1S/C20H19N3O2/c1-25-19-8-2-15(3-9-19)14-22-20(24)23-18-6-4-16(5-7-18)17-10-12-21-13-11-17/h2-13H,14H2,1H3,(H2,22,23,24). The number of rotatable bonds is 5. The van der Waals surface area contributed by atoms with Gasteiger partial charge < -0.3 is 15.4 Å². The molecule has 5 nitrogen and oxygen atoms in total. The molecule has 0 bridgehead atoms. The zero-order valence-electron chi connectivity index (χ0n) is 13.9. The number of nitrogens with one attached hydrogen (secondary N) is 2. The van der Waals surface area contributed by atoms with Crippen LogP contribution in [0.2, 0.25) is 0 Å². The van der Waals surface area contributed by atoms with Crippen LogP contribution in [-0.4, -0.2) is 18.1 Å². The van der Waals surface area contributed by atoms with Crippen molar-refractivity contribution in [3.63, 3.8) is 0 Å². The van der Waals surface area contributed by atoms with Gasteiger partial charge in [0.25, 0.3) is 0 Å². The van der Waals surface area contributed by atoms with E-state index in [9.17, 15) is 4.79 Å². The SMILES string of the molecule is COc1ccc(CNC(=O)Nc2ccc(-c3ccncc3)cc2)cc1. The number of ether oxygens (including phenoxy) is 1. The van der Waals surface area contributed by atoms with E-state index in [0.29, 0.717) is 6.54 Å². The third kappa shape index (κ3) is 4.57. The monoisotopic (exact) mass is 333 g/mol. The lowest BCUT2D eigenvalue weighted by Gasteiger charge is -2.09. The molecule has 2 aromatic carbocycles. The summed E-state index contributed by atoms with van der Waals surface area (Å²) in [6.45, 7) is 0.449. The number of carbonyl (C=O) groups excluding carboxylic acids is 1. The molecule has 0 atom stereocenters. The summed E-state index contributed by atoms with van der Waals surface area (Å²) in [5, 5.41) is 5.66. The van der Waals surface area contributed by atoms with E-state index in [2.05, 4.69) is 15.6 Å². The van der Waals surface area contributed by atoms with Crippen molar-refractivity contribution in [3.05, 3.63) is 78.6 Å². The van der Waals surface area contributed by atoms with Gasteiger partial charge in [0.1, 0.15) is 5.75 Å². The number of hydrogen-bond donors (Lipinski definition) is 2. The fourth-order valence-electron chi connectivity index (χ4n) is 2.39. The second-order valence-electron chi connectivity index (χ2n) is 5.47. The summed E-state index contributed by atoms with van der Waals surface area (Å²) in [7, 11) is 1.63. The molecule has 2 amide bonds. The number of amides is 2. The minimum Gasteiger partial charge on any atom is -0.497 e. The van der Waals surface area contributed by atoms with Gasteiger partial charge in [0.15, 0.2) is 0 Å². The molecule has 1 heterocycles. The maximum absolute atomic E-state index is 12.0. The van der Waals surface area contributed by atoms with Gasteiger partial charge in [-0.1, -0.05) is 24.3 Å². The molecule has 0 fully saturated rings. The van der Waals surface area contributed by atoms with Crippen molar-refractivity contribution in [2.75, 3.05) is 12.4 Å². The average molecular weight is 333 g/mol. The minimum atomic E-state index is -0.243. The van der Waals surface area contributed by atoms with Crippen molar-refractivity contribution < 1.29 is 9.53 Å². The Kier molecular flexibility index (Phi) is 5.26. The van der Waals surface area contributed by atoms with E-state index in [4.69, 9.17) is 4.74 Å².